The maximum absolute atomic E-state index is 7.23. The molecule has 2 aliphatic rings. The minimum absolute atomic E-state index is 0.129. The Balaban J connectivity index is 2.26. The van der Waals surface area contributed by atoms with Gasteiger partial charge in [0.05, 0.1) is 11.7 Å². The zero-order chi connectivity index (χ0) is 28.0. The second-order valence-electron chi connectivity index (χ2n) is 16.2. The third-order valence-corrected chi connectivity index (χ3v) is 20.8. The van der Waals surface area contributed by atoms with Crippen molar-refractivity contribution in [1.82, 2.24) is 0 Å². The van der Waals surface area contributed by atoms with Gasteiger partial charge in [0.25, 0.3) is 0 Å². The van der Waals surface area contributed by atoms with E-state index in [2.05, 4.69) is 116 Å². The second kappa shape index (κ2) is 11.2. The van der Waals surface area contributed by atoms with E-state index in [4.69, 9.17) is 8.85 Å². The highest BCUT2D eigenvalue weighted by Gasteiger charge is 2.51. The number of allylic oxidation sites excluding steroid dienone is 1. The fourth-order valence-electron chi connectivity index (χ4n) is 6.72. The predicted octanol–water partition coefficient (Wildman–Crippen LogP) is 11.1. The first kappa shape index (κ1) is 32.8. The van der Waals surface area contributed by atoms with Gasteiger partial charge in [0.1, 0.15) is 0 Å². The van der Waals surface area contributed by atoms with Gasteiger partial charge in [0.2, 0.25) is 0 Å². The topological polar surface area (TPSA) is 18.5 Å². The number of rotatable bonds is 9. The van der Waals surface area contributed by atoms with Crippen molar-refractivity contribution >= 4 is 32.6 Å². The fraction of sp³-hybridized carbons (Fsp3) is 0.935. The van der Waals surface area contributed by atoms with E-state index in [1.807, 2.05) is 0 Å². The van der Waals surface area contributed by atoms with Crippen LogP contribution in [0.25, 0.3) is 0 Å². The first-order valence-electron chi connectivity index (χ1n) is 14.8. The molecule has 0 heterocycles. The third-order valence-electron chi connectivity index (χ3n) is 11.1. The predicted molar refractivity (Wildman–Crippen MR) is 168 cm³/mol. The van der Waals surface area contributed by atoms with Crippen molar-refractivity contribution in [3.05, 3.63) is 10.6 Å². The van der Waals surface area contributed by atoms with Gasteiger partial charge in [0.15, 0.2) is 16.6 Å². The first-order chi connectivity index (χ1) is 16.1. The average Bonchev–Trinajstić information content (AvgIpc) is 3.05. The molecule has 0 bridgehead atoms. The van der Waals surface area contributed by atoms with Gasteiger partial charge in [-0.3, -0.25) is 0 Å². The summed E-state index contributed by atoms with van der Waals surface area (Å²) in [4.78, 5) is 2.26. The average molecular weight is 602 g/mol. The lowest BCUT2D eigenvalue weighted by atomic mass is 9.61. The van der Waals surface area contributed by atoms with Crippen molar-refractivity contribution in [1.29, 1.82) is 0 Å². The van der Waals surface area contributed by atoms with Crippen LogP contribution in [0, 0.1) is 23.2 Å². The van der Waals surface area contributed by atoms with E-state index >= 15 is 0 Å². The molecule has 2 fully saturated rings. The molecular weight excluding hydrogens is 540 g/mol. The van der Waals surface area contributed by atoms with Crippen LogP contribution in [0.4, 0.5) is 0 Å². The van der Waals surface area contributed by atoms with E-state index in [1.165, 1.54) is 38.5 Å². The van der Waals surface area contributed by atoms with E-state index in [-0.39, 0.29) is 21.8 Å². The summed E-state index contributed by atoms with van der Waals surface area (Å²) in [5.74, 6) is 2.29. The zero-order valence-electron chi connectivity index (χ0n) is 26.5. The summed E-state index contributed by atoms with van der Waals surface area (Å²) in [7, 11) is -3.87. The van der Waals surface area contributed by atoms with Crippen LogP contribution < -0.4 is 0 Å². The van der Waals surface area contributed by atoms with E-state index in [0.29, 0.717) is 11.3 Å². The molecule has 0 N–H and O–H groups in total. The minimum atomic E-state index is -1.94. The Bertz CT molecular complexity index is 774. The summed E-state index contributed by atoms with van der Waals surface area (Å²) in [6.45, 7) is 33.5. The molecule has 0 saturated heterocycles. The Hall–Kier alpha value is 0.574. The maximum atomic E-state index is 7.23. The Kier molecular flexibility index (Phi) is 10.2. The Morgan fingerprint density at radius 2 is 1.50 bits per heavy atom. The Labute approximate surface area is 236 Å². The van der Waals surface area contributed by atoms with Gasteiger partial charge in [-0.05, 0) is 123 Å². The van der Waals surface area contributed by atoms with Gasteiger partial charge in [-0.15, -0.1) is 0 Å². The molecule has 5 atom stereocenters. The normalized spacial score (nSPS) is 29.4. The molecule has 2 aliphatic carbocycles. The summed E-state index contributed by atoms with van der Waals surface area (Å²) in [5.41, 5.74) is 1.83. The van der Waals surface area contributed by atoms with Crippen LogP contribution in [0.5, 0.6) is 0 Å². The van der Waals surface area contributed by atoms with Gasteiger partial charge >= 0.3 is 0 Å². The summed E-state index contributed by atoms with van der Waals surface area (Å²) in [5, 5.41) is 0.380. The van der Waals surface area contributed by atoms with E-state index in [1.54, 1.807) is 5.57 Å². The zero-order valence-corrected chi connectivity index (χ0v) is 30.1. The van der Waals surface area contributed by atoms with E-state index in [9.17, 15) is 0 Å². The Morgan fingerprint density at radius 1 is 0.944 bits per heavy atom. The van der Waals surface area contributed by atoms with Crippen LogP contribution in [0.1, 0.15) is 114 Å². The molecule has 5 heteroatoms. The molecule has 0 spiro atoms. The van der Waals surface area contributed by atoms with Crippen molar-refractivity contribution in [2.75, 3.05) is 0 Å². The van der Waals surface area contributed by atoms with E-state index in [0.717, 1.165) is 18.3 Å². The van der Waals surface area contributed by atoms with Gasteiger partial charge in [-0.25, -0.2) is 0 Å². The van der Waals surface area contributed by atoms with Crippen LogP contribution in [0.15, 0.2) is 10.6 Å². The lowest BCUT2D eigenvalue weighted by molar-refractivity contribution is -0.0386. The molecule has 2 nitrogen and oxygen atoms in total. The molecule has 0 aromatic carbocycles. The van der Waals surface area contributed by atoms with Crippen molar-refractivity contribution in [2.24, 2.45) is 23.2 Å². The molecule has 0 aromatic rings. The van der Waals surface area contributed by atoms with Crippen LogP contribution >= 0.6 is 15.9 Å². The van der Waals surface area contributed by atoms with Crippen LogP contribution in [-0.4, -0.2) is 28.3 Å². The second-order valence-corrected chi connectivity index (χ2v) is 26.1. The number of hydrogen-bond donors (Lipinski definition) is 0. The monoisotopic (exact) mass is 600 g/mol. The number of halogens is 1. The molecule has 0 amide bonds. The largest absolute Gasteiger partial charge is 0.411 e. The lowest BCUT2D eigenvalue weighted by Gasteiger charge is -2.49. The summed E-state index contributed by atoms with van der Waals surface area (Å²) in [6.07, 6.45) is 9.21. The molecule has 0 radical (unpaired) electrons. The third kappa shape index (κ3) is 7.01. The minimum Gasteiger partial charge on any atom is -0.411 e. The summed E-state index contributed by atoms with van der Waals surface area (Å²) >= 11 is 3.70. The first-order valence-corrected chi connectivity index (χ1v) is 21.5. The van der Waals surface area contributed by atoms with Gasteiger partial charge in [0, 0.05) is 0 Å². The molecule has 212 valence electrons. The molecule has 0 unspecified atom stereocenters. The van der Waals surface area contributed by atoms with Crippen molar-refractivity contribution in [3.63, 3.8) is 0 Å². The highest BCUT2D eigenvalue weighted by molar-refractivity contribution is 9.11. The van der Waals surface area contributed by atoms with Gasteiger partial charge in [-0.2, -0.15) is 0 Å². The highest BCUT2D eigenvalue weighted by Crippen LogP contribution is 2.60. The van der Waals surface area contributed by atoms with Gasteiger partial charge < -0.3 is 8.85 Å². The maximum Gasteiger partial charge on any atom is 0.192 e. The quantitative estimate of drug-likeness (QED) is 0.245. The van der Waals surface area contributed by atoms with Gasteiger partial charge in [-0.1, -0.05) is 76.9 Å². The standard InChI is InChI=1S/C31H61BrO2Si2/c1-23(25-18-19-26-24(22-32)16-15-21-31(25,26)10)17-20-27(33-35(11,12)28(2,3)4)30(8,9)34-36(13,14)29(5,6)7/h22-23,25-27H,15-21H2,1-14H3/t23-,25+,26-,27+,31+/m0/s1. The van der Waals surface area contributed by atoms with Crippen molar-refractivity contribution in [2.45, 2.75) is 162 Å². The molecule has 0 aromatic heterocycles. The highest BCUT2D eigenvalue weighted by atomic mass is 79.9. The molecule has 0 aliphatic heterocycles. The number of hydrogen-bond acceptors (Lipinski definition) is 2. The lowest BCUT2D eigenvalue weighted by Crippen LogP contribution is -2.56. The molecule has 2 saturated carbocycles. The summed E-state index contributed by atoms with van der Waals surface area (Å²) < 4.78 is 14.4. The van der Waals surface area contributed by atoms with Crippen LogP contribution in [-0.2, 0) is 8.85 Å². The SMILES string of the molecule is C[C@@H](CC[C@@H](O[Si](C)(C)C(C)(C)C)C(C)(C)O[Si](C)(C)C(C)(C)C)[C@H]1CC[C@H]2C(=CBr)CCC[C@]12C. The van der Waals surface area contributed by atoms with E-state index < -0.39 is 16.6 Å². The van der Waals surface area contributed by atoms with Crippen molar-refractivity contribution in [3.8, 4) is 0 Å². The molecule has 36 heavy (non-hydrogen) atoms. The van der Waals surface area contributed by atoms with Crippen molar-refractivity contribution < 1.29 is 8.85 Å². The Morgan fingerprint density at radius 3 is 2.00 bits per heavy atom. The number of fused-ring (bicyclic) bond motifs is 1. The molecular formula is C31H61BrO2Si2. The fourth-order valence-corrected chi connectivity index (χ4v) is 10.5. The van der Waals surface area contributed by atoms with Crippen LogP contribution in [0.2, 0.25) is 36.3 Å². The summed E-state index contributed by atoms with van der Waals surface area (Å²) in [6, 6.07) is 0. The van der Waals surface area contributed by atoms with Crippen LogP contribution in [0.3, 0.4) is 0 Å². The molecule has 2 rings (SSSR count). The smallest absolute Gasteiger partial charge is 0.192 e.